The molecule has 31 heavy (non-hydrogen) atoms. The lowest BCUT2D eigenvalue weighted by molar-refractivity contribution is 0.140. The monoisotopic (exact) mass is 428 g/mol. The number of rotatable bonds is 4. The Morgan fingerprint density at radius 3 is 2.10 bits per heavy atom. The van der Waals surface area contributed by atoms with Crippen LogP contribution in [0.2, 0.25) is 0 Å². The molecule has 2 aromatic rings. The van der Waals surface area contributed by atoms with Gasteiger partial charge in [0.1, 0.15) is 0 Å². The van der Waals surface area contributed by atoms with Crippen molar-refractivity contribution in [3.63, 3.8) is 0 Å². The summed E-state index contributed by atoms with van der Waals surface area (Å²) >= 11 is 0. The molecule has 0 bridgehead atoms. The Labute approximate surface area is 191 Å². The third-order valence-corrected chi connectivity index (χ3v) is 7.56. The molecule has 4 heterocycles. The molecule has 0 spiro atoms. The summed E-state index contributed by atoms with van der Waals surface area (Å²) < 4.78 is 4.53. The van der Waals surface area contributed by atoms with Crippen LogP contribution in [0.3, 0.4) is 0 Å². The van der Waals surface area contributed by atoms with Crippen molar-refractivity contribution >= 4 is 0 Å². The lowest BCUT2D eigenvalue weighted by Gasteiger charge is -2.37. The van der Waals surface area contributed by atoms with Crippen molar-refractivity contribution in [2.75, 3.05) is 0 Å². The van der Waals surface area contributed by atoms with E-state index in [9.17, 15) is 0 Å². The molecule has 4 atom stereocenters. The molecule has 4 nitrogen and oxygen atoms in total. The van der Waals surface area contributed by atoms with Crippen LogP contribution >= 0.6 is 0 Å². The number of nitrogens with zero attached hydrogens (tertiary/aromatic N) is 4. The highest BCUT2D eigenvalue weighted by Gasteiger charge is 2.32. The maximum Gasteiger partial charge on any atom is 0.0948 e. The molecule has 0 aromatic carbocycles. The molecule has 4 unspecified atom stereocenters. The van der Waals surface area contributed by atoms with E-state index in [0.29, 0.717) is 0 Å². The van der Waals surface area contributed by atoms with Crippen molar-refractivity contribution in [2.24, 2.45) is 41.4 Å². The summed E-state index contributed by atoms with van der Waals surface area (Å²) in [4.78, 5) is 4.23. The summed E-state index contributed by atoms with van der Waals surface area (Å²) in [5.41, 5.74) is 2.85. The molecule has 0 N–H and O–H groups in total. The van der Waals surface area contributed by atoms with E-state index < -0.39 is 0 Å². The maximum absolute atomic E-state index is 4.40. The molecule has 4 heteroatoms. The maximum atomic E-state index is 4.40. The van der Waals surface area contributed by atoms with Gasteiger partial charge in [0.2, 0.25) is 0 Å². The number of fused-ring (bicyclic) bond motifs is 2. The smallest absolute Gasteiger partial charge is 0.0948 e. The molecule has 0 saturated heterocycles. The Kier molecular flexibility index (Phi) is 9.84. The molecule has 2 aromatic heterocycles. The Morgan fingerprint density at radius 2 is 1.52 bits per heavy atom. The van der Waals surface area contributed by atoms with Crippen molar-refractivity contribution in [3.8, 4) is 0 Å². The van der Waals surface area contributed by atoms with E-state index in [2.05, 4.69) is 73.9 Å². The van der Waals surface area contributed by atoms with Crippen LogP contribution in [0.4, 0.5) is 0 Å². The fraction of sp³-hybridized carbons (Fsp3) is 0.778. The third-order valence-electron chi connectivity index (χ3n) is 7.56. The van der Waals surface area contributed by atoms with Gasteiger partial charge in [0.25, 0.3) is 0 Å². The Morgan fingerprint density at radius 1 is 0.871 bits per heavy atom. The Bertz CT molecular complexity index is 724. The highest BCUT2D eigenvalue weighted by molar-refractivity contribution is 5.06. The summed E-state index contributed by atoms with van der Waals surface area (Å²) in [7, 11) is 0. The molecule has 2 aliphatic heterocycles. The van der Waals surface area contributed by atoms with Crippen molar-refractivity contribution in [1.82, 2.24) is 19.3 Å². The second-order valence-corrected chi connectivity index (χ2v) is 10.3. The quantitative estimate of drug-likeness (QED) is 0.540. The van der Waals surface area contributed by atoms with Gasteiger partial charge in [-0.3, -0.25) is 4.68 Å². The SMILES string of the molecule is CC.CC(C)C1Cc2ccnn2CC1C(C)C.CCC1Cc2cncn2CC1C(C)C. The van der Waals surface area contributed by atoms with Crippen LogP contribution in [0, 0.1) is 41.4 Å². The van der Waals surface area contributed by atoms with E-state index in [4.69, 9.17) is 0 Å². The van der Waals surface area contributed by atoms with Gasteiger partial charge in [-0.2, -0.15) is 5.10 Å². The van der Waals surface area contributed by atoms with Gasteiger partial charge in [-0.25, -0.2) is 4.98 Å². The standard InChI is InChI=1S/C13H22N2.C12H20N2.C2H6/c1-9(2)12-7-11-5-6-14-15(11)8-13(12)10(3)4;1-4-10-5-11-6-13-8-14(11)7-12(10)9(2)3;1-2/h5-6,9-10,12-13H,7-8H2,1-4H3;6,8-10,12H,4-5,7H2,1-3H3;1-2H3. The van der Waals surface area contributed by atoms with E-state index in [1.807, 2.05) is 32.6 Å². The molecule has 0 amide bonds. The van der Waals surface area contributed by atoms with E-state index in [0.717, 1.165) is 48.0 Å². The second kappa shape index (κ2) is 11.9. The Balaban J connectivity index is 0.000000204. The average molecular weight is 429 g/mol. The number of aromatic nitrogens is 4. The van der Waals surface area contributed by atoms with Gasteiger partial charge in [-0.15, -0.1) is 0 Å². The molecule has 0 saturated carbocycles. The molecule has 0 radical (unpaired) electrons. The summed E-state index contributed by atoms with van der Waals surface area (Å²) in [5, 5.41) is 4.40. The first-order chi connectivity index (χ1) is 14.8. The van der Waals surface area contributed by atoms with Crippen molar-refractivity contribution < 1.29 is 0 Å². The fourth-order valence-electron chi connectivity index (χ4n) is 5.54. The molecule has 176 valence electrons. The van der Waals surface area contributed by atoms with Crippen molar-refractivity contribution in [1.29, 1.82) is 0 Å². The van der Waals surface area contributed by atoms with Crippen molar-refractivity contribution in [3.05, 3.63) is 36.2 Å². The first-order valence-electron chi connectivity index (χ1n) is 12.8. The molecular weight excluding hydrogens is 380 g/mol. The summed E-state index contributed by atoms with van der Waals surface area (Å²) in [6.45, 7) is 22.7. The van der Waals surface area contributed by atoms with E-state index in [-0.39, 0.29) is 0 Å². The van der Waals surface area contributed by atoms with Crippen LogP contribution in [0.5, 0.6) is 0 Å². The largest absolute Gasteiger partial charge is 0.334 e. The second-order valence-electron chi connectivity index (χ2n) is 10.3. The van der Waals surface area contributed by atoms with Crippen LogP contribution < -0.4 is 0 Å². The minimum Gasteiger partial charge on any atom is -0.334 e. The van der Waals surface area contributed by atoms with Gasteiger partial charge in [-0.05, 0) is 60.3 Å². The van der Waals surface area contributed by atoms with Gasteiger partial charge in [0, 0.05) is 36.9 Å². The predicted molar refractivity (Wildman–Crippen MR) is 132 cm³/mol. The number of hydrogen-bond donors (Lipinski definition) is 0. The molecular formula is C27H48N4. The minimum atomic E-state index is 0.759. The predicted octanol–water partition coefficient (Wildman–Crippen LogP) is 6.75. The van der Waals surface area contributed by atoms with Crippen LogP contribution in [0.1, 0.15) is 80.1 Å². The van der Waals surface area contributed by atoms with Gasteiger partial charge in [0.15, 0.2) is 0 Å². The lowest BCUT2D eigenvalue weighted by atomic mass is 9.73. The van der Waals surface area contributed by atoms with E-state index in [1.54, 1.807) is 0 Å². The first kappa shape index (κ1) is 25.7. The van der Waals surface area contributed by atoms with E-state index >= 15 is 0 Å². The molecule has 4 rings (SSSR count). The van der Waals surface area contributed by atoms with E-state index in [1.165, 1.54) is 37.2 Å². The van der Waals surface area contributed by atoms with Crippen LogP contribution in [-0.2, 0) is 25.9 Å². The van der Waals surface area contributed by atoms with Crippen molar-refractivity contribution in [2.45, 2.75) is 94.7 Å². The highest BCUT2D eigenvalue weighted by atomic mass is 15.3. The summed E-state index contributed by atoms with van der Waals surface area (Å²) in [5.74, 6) is 5.64. The Hall–Kier alpha value is -1.58. The fourth-order valence-corrected chi connectivity index (χ4v) is 5.54. The number of imidazole rings is 1. The minimum absolute atomic E-state index is 0.759. The zero-order chi connectivity index (χ0) is 23.1. The normalized spacial score (nSPS) is 24.8. The number of hydrogen-bond acceptors (Lipinski definition) is 2. The summed E-state index contributed by atoms with van der Waals surface area (Å²) in [6.07, 6.45) is 9.68. The third kappa shape index (κ3) is 6.23. The van der Waals surface area contributed by atoms with Gasteiger partial charge in [-0.1, -0.05) is 68.7 Å². The van der Waals surface area contributed by atoms with Crippen LogP contribution in [0.15, 0.2) is 24.8 Å². The van der Waals surface area contributed by atoms with Gasteiger partial charge >= 0.3 is 0 Å². The van der Waals surface area contributed by atoms with Gasteiger partial charge < -0.3 is 4.57 Å². The first-order valence-corrected chi connectivity index (χ1v) is 12.8. The molecule has 0 fully saturated rings. The molecule has 0 aliphatic carbocycles. The van der Waals surface area contributed by atoms with Crippen LogP contribution in [0.25, 0.3) is 0 Å². The zero-order valence-corrected chi connectivity index (χ0v) is 21.7. The zero-order valence-electron chi connectivity index (χ0n) is 21.7. The topological polar surface area (TPSA) is 35.6 Å². The van der Waals surface area contributed by atoms with Crippen LogP contribution in [-0.4, -0.2) is 19.3 Å². The highest BCUT2D eigenvalue weighted by Crippen LogP contribution is 2.35. The lowest BCUT2D eigenvalue weighted by Crippen LogP contribution is -2.35. The average Bonchev–Trinajstić information content (AvgIpc) is 3.41. The van der Waals surface area contributed by atoms with Gasteiger partial charge in [0.05, 0.1) is 6.33 Å². The molecule has 2 aliphatic rings. The summed E-state index contributed by atoms with van der Waals surface area (Å²) in [6, 6.07) is 2.17.